The van der Waals surface area contributed by atoms with Crippen LogP contribution >= 0.6 is 0 Å². The molecule has 142 valence electrons. The van der Waals surface area contributed by atoms with E-state index in [0.717, 1.165) is 12.0 Å². The molecule has 4 rings (SSSR count). The second kappa shape index (κ2) is 7.44. The fourth-order valence-electron chi connectivity index (χ4n) is 3.76. The van der Waals surface area contributed by atoms with Gasteiger partial charge in [0.05, 0.1) is 11.5 Å². The number of rotatable bonds is 5. The molecule has 1 aliphatic heterocycles. The molecular weight excluding hydrogens is 360 g/mol. The Morgan fingerprint density at radius 1 is 1.00 bits per heavy atom. The van der Waals surface area contributed by atoms with Gasteiger partial charge < -0.3 is 5.32 Å². The van der Waals surface area contributed by atoms with Crippen LogP contribution in [0.15, 0.2) is 54.6 Å². The first-order valence-electron chi connectivity index (χ1n) is 9.38. The van der Waals surface area contributed by atoms with Gasteiger partial charge in [0.1, 0.15) is 0 Å². The molecule has 1 saturated heterocycles. The Balaban J connectivity index is 1.31. The Kier molecular flexibility index (Phi) is 5.02. The van der Waals surface area contributed by atoms with E-state index >= 15 is 0 Å². The Bertz CT molecular complexity index is 896. The van der Waals surface area contributed by atoms with Gasteiger partial charge in [-0.05, 0) is 29.7 Å². The number of carbonyl (C=O) groups is 1. The standard InChI is InChI=1S/C21H24N2O3S/c24-21(22-15-16-4-2-1-3-5-16)18-8-6-17(7-9-18)19-14-20(19)23-10-12-27(25,26)13-11-23/h1-9,19-20H,10-15H2,(H,22,24). The average Bonchev–Trinajstić information content (AvgIpc) is 3.48. The van der Waals surface area contributed by atoms with Crippen molar-refractivity contribution in [1.29, 1.82) is 0 Å². The molecule has 2 fully saturated rings. The van der Waals surface area contributed by atoms with Crippen molar-refractivity contribution < 1.29 is 13.2 Å². The Hall–Kier alpha value is -2.18. The minimum absolute atomic E-state index is 0.0704. The third kappa shape index (κ3) is 4.39. The summed E-state index contributed by atoms with van der Waals surface area (Å²) in [7, 11) is -2.83. The van der Waals surface area contributed by atoms with Gasteiger partial charge in [-0.3, -0.25) is 9.69 Å². The highest BCUT2D eigenvalue weighted by molar-refractivity contribution is 7.91. The van der Waals surface area contributed by atoms with E-state index < -0.39 is 9.84 Å². The van der Waals surface area contributed by atoms with Gasteiger partial charge in [0.15, 0.2) is 9.84 Å². The van der Waals surface area contributed by atoms with E-state index in [1.165, 1.54) is 5.56 Å². The van der Waals surface area contributed by atoms with Gasteiger partial charge in [-0.15, -0.1) is 0 Å². The predicted octanol–water partition coefficient (Wildman–Crippen LogP) is 2.20. The molecule has 0 radical (unpaired) electrons. The average molecular weight is 385 g/mol. The van der Waals surface area contributed by atoms with Crippen molar-refractivity contribution >= 4 is 15.7 Å². The van der Waals surface area contributed by atoms with E-state index in [1.807, 2.05) is 54.6 Å². The van der Waals surface area contributed by atoms with Crippen LogP contribution in [0.2, 0.25) is 0 Å². The molecule has 1 aliphatic carbocycles. The smallest absolute Gasteiger partial charge is 0.251 e. The van der Waals surface area contributed by atoms with Crippen LogP contribution in [0.25, 0.3) is 0 Å². The van der Waals surface area contributed by atoms with Gasteiger partial charge in [0.2, 0.25) is 0 Å². The Morgan fingerprint density at radius 3 is 2.33 bits per heavy atom. The van der Waals surface area contributed by atoms with E-state index in [4.69, 9.17) is 0 Å². The highest BCUT2D eigenvalue weighted by Crippen LogP contribution is 2.45. The van der Waals surface area contributed by atoms with Crippen LogP contribution in [0.4, 0.5) is 0 Å². The zero-order valence-corrected chi connectivity index (χ0v) is 16.0. The van der Waals surface area contributed by atoms with Crippen LogP contribution in [0.3, 0.4) is 0 Å². The molecule has 0 aromatic heterocycles. The number of carbonyl (C=O) groups excluding carboxylic acids is 1. The minimum atomic E-state index is -2.83. The SMILES string of the molecule is O=C(NCc1ccccc1)c1ccc(C2CC2N2CCS(=O)(=O)CC2)cc1. The maximum atomic E-state index is 12.3. The highest BCUT2D eigenvalue weighted by Gasteiger charge is 2.44. The first-order valence-corrected chi connectivity index (χ1v) is 11.2. The van der Waals surface area contributed by atoms with Gasteiger partial charge in [0.25, 0.3) is 5.91 Å². The van der Waals surface area contributed by atoms with Crippen molar-refractivity contribution in [2.45, 2.75) is 24.9 Å². The quantitative estimate of drug-likeness (QED) is 0.858. The molecule has 1 saturated carbocycles. The topological polar surface area (TPSA) is 66.5 Å². The summed E-state index contributed by atoms with van der Waals surface area (Å²) in [5.41, 5.74) is 2.97. The third-order valence-electron chi connectivity index (χ3n) is 5.50. The highest BCUT2D eigenvalue weighted by atomic mass is 32.2. The Labute approximate surface area is 160 Å². The zero-order chi connectivity index (χ0) is 18.9. The van der Waals surface area contributed by atoms with E-state index in [1.54, 1.807) is 0 Å². The van der Waals surface area contributed by atoms with Crippen LogP contribution in [-0.2, 0) is 16.4 Å². The summed E-state index contributed by atoms with van der Waals surface area (Å²) in [5, 5.41) is 2.94. The molecule has 2 unspecified atom stereocenters. The van der Waals surface area contributed by atoms with E-state index in [-0.39, 0.29) is 17.4 Å². The summed E-state index contributed by atoms with van der Waals surface area (Å²) in [6, 6.07) is 18.1. The molecule has 1 heterocycles. The summed E-state index contributed by atoms with van der Waals surface area (Å²) in [6.45, 7) is 1.80. The summed E-state index contributed by atoms with van der Waals surface area (Å²) in [6.07, 6.45) is 1.07. The second-order valence-corrected chi connectivity index (χ2v) is 9.69. The lowest BCUT2D eigenvalue weighted by atomic mass is 10.1. The largest absolute Gasteiger partial charge is 0.348 e. The molecule has 0 bridgehead atoms. The van der Waals surface area contributed by atoms with Crippen LogP contribution in [-0.4, -0.2) is 49.9 Å². The maximum absolute atomic E-state index is 12.3. The fraction of sp³-hybridized carbons (Fsp3) is 0.381. The molecule has 2 aliphatic rings. The van der Waals surface area contributed by atoms with Crippen molar-refractivity contribution in [2.75, 3.05) is 24.6 Å². The number of benzene rings is 2. The van der Waals surface area contributed by atoms with Crippen molar-refractivity contribution in [3.63, 3.8) is 0 Å². The Morgan fingerprint density at radius 2 is 1.67 bits per heavy atom. The van der Waals surface area contributed by atoms with Gasteiger partial charge in [-0.2, -0.15) is 0 Å². The van der Waals surface area contributed by atoms with Crippen molar-refractivity contribution in [2.24, 2.45) is 0 Å². The van der Waals surface area contributed by atoms with Gasteiger partial charge in [-0.1, -0.05) is 42.5 Å². The second-order valence-electron chi connectivity index (χ2n) is 7.39. The molecule has 1 amide bonds. The number of amides is 1. The minimum Gasteiger partial charge on any atom is -0.348 e. The first-order chi connectivity index (χ1) is 13.0. The number of nitrogens with one attached hydrogen (secondary N) is 1. The van der Waals surface area contributed by atoms with Crippen LogP contribution in [0, 0.1) is 0 Å². The summed E-state index contributed by atoms with van der Waals surface area (Å²) in [4.78, 5) is 14.6. The first kappa shape index (κ1) is 18.2. The van der Waals surface area contributed by atoms with Gasteiger partial charge in [0, 0.05) is 37.2 Å². The lowest BCUT2D eigenvalue weighted by Gasteiger charge is -2.26. The normalized spacial score (nSPS) is 24.3. The molecule has 0 spiro atoms. The third-order valence-corrected chi connectivity index (χ3v) is 7.11. The number of hydrogen-bond acceptors (Lipinski definition) is 4. The van der Waals surface area contributed by atoms with Gasteiger partial charge >= 0.3 is 0 Å². The van der Waals surface area contributed by atoms with Crippen LogP contribution in [0.5, 0.6) is 0 Å². The predicted molar refractivity (Wildman–Crippen MR) is 105 cm³/mol. The molecule has 27 heavy (non-hydrogen) atoms. The van der Waals surface area contributed by atoms with E-state index in [0.29, 0.717) is 37.2 Å². The van der Waals surface area contributed by atoms with E-state index in [9.17, 15) is 13.2 Å². The van der Waals surface area contributed by atoms with Crippen LogP contribution in [0.1, 0.15) is 33.8 Å². The maximum Gasteiger partial charge on any atom is 0.251 e. The number of nitrogens with zero attached hydrogens (tertiary/aromatic N) is 1. The molecule has 2 aromatic rings. The molecule has 2 aromatic carbocycles. The molecular formula is C21H24N2O3S. The molecule has 2 atom stereocenters. The van der Waals surface area contributed by atoms with E-state index in [2.05, 4.69) is 10.2 Å². The van der Waals surface area contributed by atoms with Crippen molar-refractivity contribution in [3.8, 4) is 0 Å². The number of hydrogen-bond donors (Lipinski definition) is 1. The lowest BCUT2D eigenvalue weighted by molar-refractivity contribution is 0.0951. The van der Waals surface area contributed by atoms with Crippen LogP contribution < -0.4 is 5.32 Å². The molecule has 6 heteroatoms. The number of sulfone groups is 1. The monoisotopic (exact) mass is 384 g/mol. The summed E-state index contributed by atoms with van der Waals surface area (Å²) in [5.74, 6) is 0.930. The lowest BCUT2D eigenvalue weighted by Crippen LogP contribution is -2.41. The van der Waals surface area contributed by atoms with Crippen molar-refractivity contribution in [3.05, 3.63) is 71.3 Å². The molecule has 1 N–H and O–H groups in total. The zero-order valence-electron chi connectivity index (χ0n) is 15.2. The molecule has 5 nitrogen and oxygen atoms in total. The van der Waals surface area contributed by atoms with Gasteiger partial charge in [-0.25, -0.2) is 8.42 Å². The summed E-state index contributed by atoms with van der Waals surface area (Å²) < 4.78 is 23.1. The van der Waals surface area contributed by atoms with Crippen molar-refractivity contribution in [1.82, 2.24) is 10.2 Å². The summed E-state index contributed by atoms with van der Waals surface area (Å²) >= 11 is 0. The fourth-order valence-corrected chi connectivity index (χ4v) is 4.99.